The second-order valence-electron chi connectivity index (χ2n) is 7.10. The molecule has 2 N–H and O–H groups in total. The molecule has 2 saturated carbocycles. The van der Waals surface area contributed by atoms with Crippen LogP contribution in [0.25, 0.3) is 0 Å². The molecule has 0 radical (unpaired) electrons. The third kappa shape index (κ3) is 3.71. The van der Waals surface area contributed by atoms with Gasteiger partial charge in [-0.2, -0.15) is 0 Å². The summed E-state index contributed by atoms with van der Waals surface area (Å²) in [6.07, 6.45) is 13.9. The van der Waals surface area contributed by atoms with Crippen LogP contribution in [0.5, 0.6) is 0 Å². The fourth-order valence-electron chi connectivity index (χ4n) is 3.94. The summed E-state index contributed by atoms with van der Waals surface area (Å²) in [6, 6.07) is 0. The molecule has 17 heavy (non-hydrogen) atoms. The fourth-order valence-corrected chi connectivity index (χ4v) is 3.94. The predicted octanol–water partition coefficient (Wildman–Crippen LogP) is 4.50. The Morgan fingerprint density at radius 3 is 2.35 bits per heavy atom. The van der Waals surface area contributed by atoms with E-state index in [-0.39, 0.29) is 5.54 Å². The van der Waals surface area contributed by atoms with Crippen LogP contribution in [0.15, 0.2) is 0 Å². The van der Waals surface area contributed by atoms with Crippen molar-refractivity contribution in [2.45, 2.75) is 83.6 Å². The van der Waals surface area contributed by atoms with Gasteiger partial charge in [-0.15, -0.1) is 0 Å². The highest BCUT2D eigenvalue weighted by Gasteiger charge is 2.34. The third-order valence-corrected chi connectivity index (χ3v) is 5.57. The molecule has 0 amide bonds. The first kappa shape index (κ1) is 13.4. The second kappa shape index (κ2) is 5.73. The van der Waals surface area contributed by atoms with Crippen molar-refractivity contribution in [1.82, 2.24) is 0 Å². The van der Waals surface area contributed by atoms with Crippen LogP contribution in [-0.4, -0.2) is 5.54 Å². The van der Waals surface area contributed by atoms with Crippen molar-refractivity contribution in [2.75, 3.05) is 0 Å². The van der Waals surface area contributed by atoms with Crippen LogP contribution in [0.2, 0.25) is 0 Å². The summed E-state index contributed by atoms with van der Waals surface area (Å²) >= 11 is 0. The predicted molar refractivity (Wildman–Crippen MR) is 74.9 cm³/mol. The molecular formula is C16H31N. The molecule has 0 spiro atoms. The van der Waals surface area contributed by atoms with E-state index >= 15 is 0 Å². The van der Waals surface area contributed by atoms with Gasteiger partial charge in [-0.3, -0.25) is 0 Å². The van der Waals surface area contributed by atoms with Gasteiger partial charge < -0.3 is 5.73 Å². The van der Waals surface area contributed by atoms with Gasteiger partial charge in [0.15, 0.2) is 0 Å². The Labute approximate surface area is 108 Å². The summed E-state index contributed by atoms with van der Waals surface area (Å²) < 4.78 is 0. The quantitative estimate of drug-likeness (QED) is 0.768. The molecule has 0 bridgehead atoms. The molecule has 0 saturated heterocycles. The first-order valence-corrected chi connectivity index (χ1v) is 7.88. The smallest absolute Gasteiger partial charge is 0.0157 e. The Bertz CT molecular complexity index is 232. The minimum Gasteiger partial charge on any atom is -0.325 e. The van der Waals surface area contributed by atoms with Crippen LogP contribution < -0.4 is 5.73 Å². The molecule has 2 fully saturated rings. The van der Waals surface area contributed by atoms with E-state index in [0.717, 1.165) is 17.8 Å². The standard InChI is InChI=1S/C16H31N/c1-13-8-10-16(17,12-14(13)2)11-9-15-6-4-3-5-7-15/h13-15H,3-12,17H2,1-2H3. The van der Waals surface area contributed by atoms with E-state index in [2.05, 4.69) is 13.8 Å². The minimum absolute atomic E-state index is 0.184. The highest BCUT2D eigenvalue weighted by molar-refractivity contribution is 4.92. The van der Waals surface area contributed by atoms with Gasteiger partial charge in [0.1, 0.15) is 0 Å². The zero-order valence-electron chi connectivity index (χ0n) is 11.9. The Morgan fingerprint density at radius 1 is 1.00 bits per heavy atom. The van der Waals surface area contributed by atoms with Gasteiger partial charge in [0.05, 0.1) is 0 Å². The molecule has 0 aromatic carbocycles. The average molecular weight is 237 g/mol. The van der Waals surface area contributed by atoms with Gasteiger partial charge in [0.2, 0.25) is 0 Å². The lowest BCUT2D eigenvalue weighted by molar-refractivity contribution is 0.155. The van der Waals surface area contributed by atoms with Crippen molar-refractivity contribution in [3.63, 3.8) is 0 Å². The summed E-state index contributed by atoms with van der Waals surface area (Å²) in [5.74, 6) is 2.72. The second-order valence-corrected chi connectivity index (χ2v) is 7.10. The van der Waals surface area contributed by atoms with Crippen LogP contribution >= 0.6 is 0 Å². The summed E-state index contributed by atoms with van der Waals surface area (Å²) in [4.78, 5) is 0. The normalized spacial score (nSPS) is 40.4. The molecule has 0 heterocycles. The number of rotatable bonds is 3. The zero-order chi connectivity index (χ0) is 12.3. The zero-order valence-corrected chi connectivity index (χ0v) is 11.9. The number of hydrogen-bond donors (Lipinski definition) is 1. The molecule has 1 nitrogen and oxygen atoms in total. The largest absolute Gasteiger partial charge is 0.325 e. The van der Waals surface area contributed by atoms with Crippen molar-refractivity contribution in [3.8, 4) is 0 Å². The van der Waals surface area contributed by atoms with Crippen LogP contribution in [0, 0.1) is 17.8 Å². The lowest BCUT2D eigenvalue weighted by Crippen LogP contribution is -2.46. The first-order valence-electron chi connectivity index (χ1n) is 7.88. The monoisotopic (exact) mass is 237 g/mol. The molecule has 2 aliphatic rings. The Hall–Kier alpha value is -0.0400. The Balaban J connectivity index is 1.77. The van der Waals surface area contributed by atoms with Crippen molar-refractivity contribution in [2.24, 2.45) is 23.5 Å². The van der Waals surface area contributed by atoms with Crippen molar-refractivity contribution < 1.29 is 0 Å². The molecule has 2 aliphatic carbocycles. The van der Waals surface area contributed by atoms with Gasteiger partial charge in [-0.05, 0) is 49.9 Å². The Morgan fingerprint density at radius 2 is 1.71 bits per heavy atom. The van der Waals surface area contributed by atoms with E-state index in [1.807, 2.05) is 0 Å². The van der Waals surface area contributed by atoms with Gasteiger partial charge in [0.25, 0.3) is 0 Å². The summed E-state index contributed by atoms with van der Waals surface area (Å²) in [7, 11) is 0. The number of hydrogen-bond acceptors (Lipinski definition) is 1. The van der Waals surface area contributed by atoms with Crippen LogP contribution in [0.4, 0.5) is 0 Å². The SMILES string of the molecule is CC1CCC(N)(CCC2CCCCC2)CC1C. The highest BCUT2D eigenvalue weighted by atomic mass is 14.7. The lowest BCUT2D eigenvalue weighted by atomic mass is 9.69. The third-order valence-electron chi connectivity index (χ3n) is 5.57. The van der Waals surface area contributed by atoms with Crippen LogP contribution in [0.1, 0.15) is 78.1 Å². The minimum atomic E-state index is 0.184. The lowest BCUT2D eigenvalue weighted by Gasteiger charge is -2.41. The van der Waals surface area contributed by atoms with Crippen LogP contribution in [-0.2, 0) is 0 Å². The van der Waals surface area contributed by atoms with E-state index in [9.17, 15) is 0 Å². The molecule has 0 aliphatic heterocycles. The van der Waals surface area contributed by atoms with Gasteiger partial charge in [0, 0.05) is 5.54 Å². The summed E-state index contributed by atoms with van der Waals surface area (Å²) in [5.41, 5.74) is 6.81. The van der Waals surface area contributed by atoms with Gasteiger partial charge >= 0.3 is 0 Å². The average Bonchev–Trinajstić information content (AvgIpc) is 2.34. The topological polar surface area (TPSA) is 26.0 Å². The first-order chi connectivity index (χ1) is 8.09. The fraction of sp³-hybridized carbons (Fsp3) is 1.00. The van der Waals surface area contributed by atoms with E-state index in [1.54, 1.807) is 0 Å². The molecule has 100 valence electrons. The Kier molecular flexibility index (Phi) is 4.52. The van der Waals surface area contributed by atoms with Crippen LogP contribution in [0.3, 0.4) is 0 Å². The molecule has 0 aromatic rings. The molecule has 3 unspecified atom stereocenters. The van der Waals surface area contributed by atoms with E-state index in [1.165, 1.54) is 64.2 Å². The van der Waals surface area contributed by atoms with Gasteiger partial charge in [-0.1, -0.05) is 46.0 Å². The van der Waals surface area contributed by atoms with Gasteiger partial charge in [-0.25, -0.2) is 0 Å². The molecule has 3 atom stereocenters. The molecule has 0 aromatic heterocycles. The number of nitrogens with two attached hydrogens (primary N) is 1. The molecule has 1 heteroatoms. The van der Waals surface area contributed by atoms with E-state index in [4.69, 9.17) is 5.73 Å². The summed E-state index contributed by atoms with van der Waals surface area (Å²) in [6.45, 7) is 4.79. The highest BCUT2D eigenvalue weighted by Crippen LogP contribution is 2.39. The maximum Gasteiger partial charge on any atom is 0.0157 e. The maximum atomic E-state index is 6.63. The maximum absolute atomic E-state index is 6.63. The summed E-state index contributed by atoms with van der Waals surface area (Å²) in [5, 5.41) is 0. The van der Waals surface area contributed by atoms with Crippen molar-refractivity contribution in [3.05, 3.63) is 0 Å². The molecular weight excluding hydrogens is 206 g/mol. The van der Waals surface area contributed by atoms with Crippen molar-refractivity contribution in [1.29, 1.82) is 0 Å². The molecule has 2 rings (SSSR count). The van der Waals surface area contributed by atoms with E-state index < -0.39 is 0 Å². The van der Waals surface area contributed by atoms with Crippen molar-refractivity contribution >= 4 is 0 Å². The van der Waals surface area contributed by atoms with E-state index in [0.29, 0.717) is 0 Å².